The lowest BCUT2D eigenvalue weighted by Gasteiger charge is -2.12. The Balaban J connectivity index is 1.53. The van der Waals surface area contributed by atoms with E-state index in [1.165, 1.54) is 28.6 Å². The maximum absolute atomic E-state index is 12.2. The summed E-state index contributed by atoms with van der Waals surface area (Å²) in [6.07, 6.45) is 0. The normalized spacial score (nSPS) is 11.2. The molecule has 0 atom stereocenters. The molecule has 0 unspecified atom stereocenters. The van der Waals surface area contributed by atoms with Crippen LogP contribution in [-0.4, -0.2) is 16.3 Å². The molecule has 7 heteroatoms. The van der Waals surface area contributed by atoms with Gasteiger partial charge in [0.15, 0.2) is 5.11 Å². The first kappa shape index (κ1) is 19.1. The fourth-order valence-electron chi connectivity index (χ4n) is 3.49. The van der Waals surface area contributed by atoms with Crippen LogP contribution in [0.25, 0.3) is 21.8 Å². The number of aryl methyl sites for hydroxylation is 1. The van der Waals surface area contributed by atoms with Crippen molar-refractivity contribution in [2.75, 3.05) is 10.6 Å². The molecule has 0 aliphatic heterocycles. The number of hydrogen-bond acceptors (Lipinski definition) is 2. The van der Waals surface area contributed by atoms with Crippen LogP contribution in [0, 0.1) is 0 Å². The molecule has 0 saturated heterocycles. The molecule has 0 bridgehead atoms. The predicted molar refractivity (Wildman–Crippen MR) is 118 cm³/mol. The van der Waals surface area contributed by atoms with E-state index in [0.29, 0.717) is 10.8 Å². The average Bonchev–Trinajstić information content (AvgIpc) is 3.02. The van der Waals surface area contributed by atoms with Crippen LogP contribution in [0.2, 0.25) is 0 Å². The highest BCUT2D eigenvalue weighted by Crippen LogP contribution is 2.31. The molecule has 0 fully saturated rings. The summed E-state index contributed by atoms with van der Waals surface area (Å²) in [4.78, 5) is 0. The Bertz CT molecular complexity index is 1170. The van der Waals surface area contributed by atoms with Gasteiger partial charge in [-0.05, 0) is 67.7 Å². The largest absolute Gasteiger partial charge is 0.435 e. The number of nitrogens with zero attached hydrogens (tertiary/aromatic N) is 1. The number of ether oxygens (including phenoxy) is 1. The minimum absolute atomic E-state index is 0.0993. The first-order valence-corrected chi connectivity index (χ1v) is 9.60. The summed E-state index contributed by atoms with van der Waals surface area (Å²) in [5, 5.41) is 8.99. The standard InChI is InChI=1S/C22H19F2N3OS/c1-2-27-19-6-4-3-5-17(19)18-13-15(9-12-20(18)27)26-22(29)25-14-7-10-16(11-8-14)28-21(23)24/h3-13,21H,2H2,1H3,(H2,25,26,29). The van der Waals surface area contributed by atoms with E-state index >= 15 is 0 Å². The van der Waals surface area contributed by atoms with Crippen LogP contribution < -0.4 is 15.4 Å². The SMILES string of the molecule is CCn1c2ccccc2c2cc(NC(=S)Nc3ccc(OC(F)F)cc3)ccc21. The van der Waals surface area contributed by atoms with Crippen molar-refractivity contribution in [2.45, 2.75) is 20.1 Å². The second-order valence-corrected chi connectivity index (χ2v) is 6.88. The summed E-state index contributed by atoms with van der Waals surface area (Å²) in [5.74, 6) is 0.0993. The number of alkyl halides is 2. The van der Waals surface area contributed by atoms with Crippen molar-refractivity contribution in [1.82, 2.24) is 4.57 Å². The number of benzene rings is 3. The van der Waals surface area contributed by atoms with Gasteiger partial charge >= 0.3 is 6.61 Å². The second kappa shape index (κ2) is 8.05. The van der Waals surface area contributed by atoms with Crippen LogP contribution in [0.15, 0.2) is 66.7 Å². The molecule has 0 saturated carbocycles. The predicted octanol–water partition coefficient (Wildman–Crippen LogP) is 6.22. The van der Waals surface area contributed by atoms with E-state index in [1.807, 2.05) is 18.2 Å². The van der Waals surface area contributed by atoms with Crippen LogP contribution in [-0.2, 0) is 6.54 Å². The molecule has 0 amide bonds. The van der Waals surface area contributed by atoms with E-state index in [0.717, 1.165) is 17.6 Å². The number of halogens is 2. The lowest BCUT2D eigenvalue weighted by Crippen LogP contribution is -2.19. The summed E-state index contributed by atoms with van der Waals surface area (Å²) < 4.78 is 31.1. The topological polar surface area (TPSA) is 38.2 Å². The molecule has 29 heavy (non-hydrogen) atoms. The molecular formula is C22H19F2N3OS. The van der Waals surface area contributed by atoms with Crippen molar-refractivity contribution in [3.05, 3.63) is 66.7 Å². The van der Waals surface area contributed by atoms with Gasteiger partial charge in [-0.15, -0.1) is 0 Å². The van der Waals surface area contributed by atoms with Crippen molar-refractivity contribution in [2.24, 2.45) is 0 Å². The summed E-state index contributed by atoms with van der Waals surface area (Å²) >= 11 is 5.39. The highest BCUT2D eigenvalue weighted by atomic mass is 32.1. The van der Waals surface area contributed by atoms with E-state index in [9.17, 15) is 8.78 Å². The Labute approximate surface area is 172 Å². The Kier molecular flexibility index (Phi) is 5.31. The Morgan fingerprint density at radius 3 is 2.31 bits per heavy atom. The first-order valence-electron chi connectivity index (χ1n) is 9.19. The molecule has 3 aromatic carbocycles. The van der Waals surface area contributed by atoms with E-state index in [-0.39, 0.29) is 5.75 Å². The van der Waals surface area contributed by atoms with Crippen LogP contribution in [0.1, 0.15) is 6.92 Å². The molecule has 1 aromatic heterocycles. The number of rotatable bonds is 5. The number of para-hydroxylation sites is 1. The lowest BCUT2D eigenvalue weighted by molar-refractivity contribution is -0.0498. The number of anilines is 2. The van der Waals surface area contributed by atoms with Crippen molar-refractivity contribution in [3.63, 3.8) is 0 Å². The van der Waals surface area contributed by atoms with Gasteiger partial charge in [-0.1, -0.05) is 18.2 Å². The monoisotopic (exact) mass is 411 g/mol. The van der Waals surface area contributed by atoms with E-state index in [1.54, 1.807) is 12.1 Å². The number of aromatic nitrogens is 1. The van der Waals surface area contributed by atoms with Gasteiger partial charge in [0.25, 0.3) is 0 Å². The van der Waals surface area contributed by atoms with Crippen LogP contribution >= 0.6 is 12.2 Å². The second-order valence-electron chi connectivity index (χ2n) is 6.48. The summed E-state index contributed by atoms with van der Waals surface area (Å²) in [7, 11) is 0. The Morgan fingerprint density at radius 1 is 0.931 bits per heavy atom. The highest BCUT2D eigenvalue weighted by Gasteiger charge is 2.10. The third kappa shape index (κ3) is 4.00. The van der Waals surface area contributed by atoms with Crippen LogP contribution in [0.4, 0.5) is 20.2 Å². The molecule has 0 radical (unpaired) electrons. The van der Waals surface area contributed by atoms with Gasteiger partial charge in [0, 0.05) is 39.7 Å². The van der Waals surface area contributed by atoms with Gasteiger partial charge in [0.2, 0.25) is 0 Å². The van der Waals surface area contributed by atoms with E-state index in [2.05, 4.69) is 51.1 Å². The van der Waals surface area contributed by atoms with Gasteiger partial charge in [-0.25, -0.2) is 0 Å². The Hall–Kier alpha value is -3.19. The van der Waals surface area contributed by atoms with Crippen LogP contribution in [0.3, 0.4) is 0 Å². The molecule has 1 heterocycles. The quantitative estimate of drug-likeness (QED) is 0.382. The van der Waals surface area contributed by atoms with Gasteiger partial charge in [-0.3, -0.25) is 0 Å². The minimum Gasteiger partial charge on any atom is -0.435 e. The summed E-state index contributed by atoms with van der Waals surface area (Å²) in [6.45, 7) is 0.182. The van der Waals surface area contributed by atoms with Crippen molar-refractivity contribution in [1.29, 1.82) is 0 Å². The van der Waals surface area contributed by atoms with Crippen molar-refractivity contribution < 1.29 is 13.5 Å². The highest BCUT2D eigenvalue weighted by molar-refractivity contribution is 7.80. The van der Waals surface area contributed by atoms with Gasteiger partial charge in [-0.2, -0.15) is 8.78 Å². The Morgan fingerprint density at radius 2 is 1.59 bits per heavy atom. The molecule has 0 aliphatic carbocycles. The fraction of sp³-hybridized carbons (Fsp3) is 0.136. The van der Waals surface area contributed by atoms with E-state index < -0.39 is 6.61 Å². The zero-order valence-electron chi connectivity index (χ0n) is 15.7. The number of fused-ring (bicyclic) bond motifs is 3. The van der Waals surface area contributed by atoms with Crippen LogP contribution in [0.5, 0.6) is 5.75 Å². The maximum Gasteiger partial charge on any atom is 0.387 e. The number of hydrogen-bond donors (Lipinski definition) is 2. The molecule has 4 rings (SSSR count). The average molecular weight is 411 g/mol. The fourth-order valence-corrected chi connectivity index (χ4v) is 3.72. The third-order valence-corrected chi connectivity index (χ3v) is 4.89. The van der Waals surface area contributed by atoms with Crippen molar-refractivity contribution >= 4 is 50.5 Å². The van der Waals surface area contributed by atoms with Gasteiger partial charge < -0.3 is 19.9 Å². The maximum atomic E-state index is 12.2. The smallest absolute Gasteiger partial charge is 0.387 e. The first-order chi connectivity index (χ1) is 14.0. The van der Waals surface area contributed by atoms with Gasteiger partial charge in [0.1, 0.15) is 5.75 Å². The molecular weight excluding hydrogens is 392 g/mol. The third-order valence-electron chi connectivity index (χ3n) is 4.68. The minimum atomic E-state index is -2.84. The van der Waals surface area contributed by atoms with Gasteiger partial charge in [0.05, 0.1) is 0 Å². The summed E-state index contributed by atoms with van der Waals surface area (Å²) in [6, 6.07) is 20.7. The lowest BCUT2D eigenvalue weighted by atomic mass is 10.1. The number of thiocarbonyl (C=S) groups is 1. The molecule has 4 nitrogen and oxygen atoms in total. The molecule has 4 aromatic rings. The molecule has 0 spiro atoms. The molecule has 148 valence electrons. The molecule has 0 aliphatic rings. The molecule has 2 N–H and O–H groups in total. The zero-order valence-corrected chi connectivity index (χ0v) is 16.5. The van der Waals surface area contributed by atoms with E-state index in [4.69, 9.17) is 12.2 Å². The van der Waals surface area contributed by atoms with Crippen molar-refractivity contribution in [3.8, 4) is 5.75 Å². The zero-order chi connectivity index (χ0) is 20.4. The number of nitrogens with one attached hydrogen (secondary N) is 2. The summed E-state index contributed by atoms with van der Waals surface area (Å²) in [5.41, 5.74) is 3.92.